The van der Waals surface area contributed by atoms with E-state index in [1.54, 1.807) is 55.7 Å². The van der Waals surface area contributed by atoms with Gasteiger partial charge in [0.2, 0.25) is 0 Å². The second-order valence-electron chi connectivity index (χ2n) is 4.73. The van der Waals surface area contributed by atoms with Crippen molar-refractivity contribution in [1.29, 1.82) is 0 Å². The molecule has 0 fully saturated rings. The number of hydrogen-bond donors (Lipinski definition) is 2. The molecule has 0 bridgehead atoms. The normalized spacial score (nSPS) is 10.9. The molecule has 2 aromatic rings. The van der Waals surface area contributed by atoms with Gasteiger partial charge >= 0.3 is 6.03 Å². The van der Waals surface area contributed by atoms with Crippen LogP contribution in [-0.2, 0) is 0 Å². The van der Waals surface area contributed by atoms with Gasteiger partial charge in [-0.2, -0.15) is 5.06 Å². The standard InChI is InChI=1S/C17H17N3O4/c1-13(20(22)17(18)21)4-3-11-23-15-5-2-6-16(12-15)24-14-7-9-19-10-8-14/h2,5-10,12-13,22H,11H2,1H3,(H2,18,21). The molecular weight excluding hydrogens is 310 g/mol. The lowest BCUT2D eigenvalue weighted by Gasteiger charge is -2.14. The average molecular weight is 327 g/mol. The Hall–Kier alpha value is -3.24. The molecule has 3 N–H and O–H groups in total. The van der Waals surface area contributed by atoms with Crippen molar-refractivity contribution >= 4 is 6.03 Å². The van der Waals surface area contributed by atoms with Crippen molar-refractivity contribution in [1.82, 2.24) is 10.0 Å². The zero-order chi connectivity index (χ0) is 17.4. The summed E-state index contributed by atoms with van der Waals surface area (Å²) in [5.74, 6) is 7.23. The average Bonchev–Trinajstić information content (AvgIpc) is 2.59. The number of carbonyl (C=O) groups excluding carboxylic acids is 1. The van der Waals surface area contributed by atoms with Crippen molar-refractivity contribution in [2.24, 2.45) is 5.73 Å². The first-order valence-corrected chi connectivity index (χ1v) is 7.13. The molecule has 1 aromatic heterocycles. The molecule has 124 valence electrons. The summed E-state index contributed by atoms with van der Waals surface area (Å²) in [6.07, 6.45) is 3.28. The Kier molecular flexibility index (Phi) is 6.00. The van der Waals surface area contributed by atoms with Gasteiger partial charge in [-0.05, 0) is 31.2 Å². The molecule has 1 unspecified atom stereocenters. The largest absolute Gasteiger partial charge is 0.481 e. The van der Waals surface area contributed by atoms with Gasteiger partial charge in [-0.1, -0.05) is 17.9 Å². The minimum atomic E-state index is -0.960. The van der Waals surface area contributed by atoms with Gasteiger partial charge in [0, 0.05) is 18.5 Å². The Bertz CT molecular complexity index is 740. The molecule has 0 saturated carbocycles. The van der Waals surface area contributed by atoms with Crippen molar-refractivity contribution in [3.8, 4) is 29.1 Å². The van der Waals surface area contributed by atoms with E-state index in [1.807, 2.05) is 0 Å². The fourth-order valence-corrected chi connectivity index (χ4v) is 1.73. The number of rotatable bonds is 5. The van der Waals surface area contributed by atoms with E-state index in [9.17, 15) is 10.0 Å². The summed E-state index contributed by atoms with van der Waals surface area (Å²) >= 11 is 0. The number of ether oxygens (including phenoxy) is 2. The lowest BCUT2D eigenvalue weighted by molar-refractivity contribution is -0.0537. The number of aromatic nitrogens is 1. The number of pyridine rings is 1. The SMILES string of the molecule is CC(C#CCOc1cccc(Oc2ccncc2)c1)N(O)C(N)=O. The fourth-order valence-electron chi connectivity index (χ4n) is 1.73. The van der Waals surface area contributed by atoms with Crippen molar-refractivity contribution in [2.75, 3.05) is 6.61 Å². The molecule has 0 spiro atoms. The van der Waals surface area contributed by atoms with Crippen LogP contribution in [0.1, 0.15) is 6.92 Å². The van der Waals surface area contributed by atoms with E-state index >= 15 is 0 Å². The van der Waals surface area contributed by atoms with Crippen molar-refractivity contribution in [3.05, 3.63) is 48.8 Å². The lowest BCUT2D eigenvalue weighted by Crippen LogP contribution is -2.38. The Morgan fingerprint density at radius 3 is 2.71 bits per heavy atom. The van der Waals surface area contributed by atoms with E-state index in [4.69, 9.17) is 15.2 Å². The van der Waals surface area contributed by atoms with Crippen LogP contribution < -0.4 is 15.2 Å². The van der Waals surface area contributed by atoms with Crippen molar-refractivity contribution in [3.63, 3.8) is 0 Å². The zero-order valence-corrected chi connectivity index (χ0v) is 13.0. The van der Waals surface area contributed by atoms with Crippen LogP contribution in [0.5, 0.6) is 17.2 Å². The van der Waals surface area contributed by atoms with E-state index in [0.717, 1.165) is 0 Å². The number of amides is 2. The first kappa shape index (κ1) is 17.1. The molecule has 1 aromatic carbocycles. The van der Waals surface area contributed by atoms with Crippen molar-refractivity contribution in [2.45, 2.75) is 13.0 Å². The third kappa shape index (κ3) is 5.19. The number of primary amides is 1. The molecule has 1 atom stereocenters. The van der Waals surface area contributed by atoms with Crippen LogP contribution in [0.2, 0.25) is 0 Å². The maximum Gasteiger partial charge on any atom is 0.339 e. The molecule has 0 aliphatic heterocycles. The Balaban J connectivity index is 1.90. The predicted molar refractivity (Wildman–Crippen MR) is 86.7 cm³/mol. The van der Waals surface area contributed by atoms with E-state index < -0.39 is 12.1 Å². The topological polar surface area (TPSA) is 97.9 Å². The second kappa shape index (κ2) is 8.41. The molecule has 7 nitrogen and oxygen atoms in total. The number of carbonyl (C=O) groups is 1. The maximum absolute atomic E-state index is 10.8. The summed E-state index contributed by atoms with van der Waals surface area (Å²) in [6.45, 7) is 1.64. The molecule has 0 aliphatic carbocycles. The van der Waals surface area contributed by atoms with Gasteiger partial charge in [0.1, 0.15) is 29.9 Å². The molecule has 0 saturated heterocycles. The minimum absolute atomic E-state index is 0.0929. The van der Waals surface area contributed by atoms with Crippen LogP contribution in [-0.4, -0.2) is 33.9 Å². The third-order valence-corrected chi connectivity index (χ3v) is 2.91. The van der Waals surface area contributed by atoms with Crippen LogP contribution in [0, 0.1) is 11.8 Å². The fraction of sp³-hybridized carbons (Fsp3) is 0.176. The molecule has 24 heavy (non-hydrogen) atoms. The molecule has 2 rings (SSSR count). The van der Waals surface area contributed by atoms with Crippen LogP contribution in [0.4, 0.5) is 4.79 Å². The quantitative estimate of drug-likeness (QED) is 0.499. The highest BCUT2D eigenvalue weighted by molar-refractivity contribution is 5.71. The molecular formula is C17H17N3O4. The van der Waals surface area contributed by atoms with Crippen LogP contribution in [0.25, 0.3) is 0 Å². The van der Waals surface area contributed by atoms with Gasteiger partial charge < -0.3 is 15.2 Å². The number of hydrogen-bond acceptors (Lipinski definition) is 5. The minimum Gasteiger partial charge on any atom is -0.481 e. The van der Waals surface area contributed by atoms with E-state index in [0.29, 0.717) is 22.3 Å². The van der Waals surface area contributed by atoms with Crippen LogP contribution in [0.3, 0.4) is 0 Å². The molecule has 7 heteroatoms. The van der Waals surface area contributed by atoms with Gasteiger partial charge in [0.05, 0.1) is 0 Å². The van der Waals surface area contributed by atoms with Gasteiger partial charge in [0.25, 0.3) is 0 Å². The summed E-state index contributed by atoms with van der Waals surface area (Å²) < 4.78 is 11.2. The Labute approximate surface area is 139 Å². The second-order valence-corrected chi connectivity index (χ2v) is 4.73. The predicted octanol–water partition coefficient (Wildman–Crippen LogP) is 2.41. The zero-order valence-electron chi connectivity index (χ0n) is 13.0. The summed E-state index contributed by atoms with van der Waals surface area (Å²) in [5, 5.41) is 9.64. The van der Waals surface area contributed by atoms with E-state index in [-0.39, 0.29) is 6.61 Å². The summed E-state index contributed by atoms with van der Waals surface area (Å²) in [4.78, 5) is 14.7. The highest BCUT2D eigenvalue weighted by Crippen LogP contribution is 2.24. The number of nitrogens with zero attached hydrogens (tertiary/aromatic N) is 2. The Morgan fingerprint density at radius 2 is 2.00 bits per heavy atom. The summed E-state index contributed by atoms with van der Waals surface area (Å²) in [7, 11) is 0. The summed E-state index contributed by atoms with van der Waals surface area (Å²) in [5.41, 5.74) is 4.93. The summed E-state index contributed by atoms with van der Waals surface area (Å²) in [6, 6.07) is 8.92. The Morgan fingerprint density at radius 1 is 1.29 bits per heavy atom. The first-order chi connectivity index (χ1) is 11.6. The van der Waals surface area contributed by atoms with E-state index in [1.165, 1.54) is 0 Å². The lowest BCUT2D eigenvalue weighted by atomic mass is 10.3. The highest BCUT2D eigenvalue weighted by atomic mass is 16.5. The monoisotopic (exact) mass is 327 g/mol. The molecule has 1 heterocycles. The first-order valence-electron chi connectivity index (χ1n) is 7.13. The number of urea groups is 1. The van der Waals surface area contributed by atoms with Crippen LogP contribution >= 0.6 is 0 Å². The molecule has 2 amide bonds. The van der Waals surface area contributed by atoms with Gasteiger partial charge in [-0.15, -0.1) is 0 Å². The molecule has 0 radical (unpaired) electrons. The maximum atomic E-state index is 10.8. The third-order valence-electron chi connectivity index (χ3n) is 2.91. The molecule has 0 aliphatic rings. The van der Waals surface area contributed by atoms with E-state index in [2.05, 4.69) is 16.8 Å². The number of nitrogens with two attached hydrogens (primary N) is 1. The van der Waals surface area contributed by atoms with Crippen molar-refractivity contribution < 1.29 is 19.5 Å². The van der Waals surface area contributed by atoms with Crippen LogP contribution in [0.15, 0.2) is 48.8 Å². The van der Waals surface area contributed by atoms with Gasteiger partial charge in [-0.3, -0.25) is 10.2 Å². The van der Waals surface area contributed by atoms with Gasteiger partial charge in [-0.25, -0.2) is 4.79 Å². The smallest absolute Gasteiger partial charge is 0.339 e. The number of hydroxylamine groups is 2. The van der Waals surface area contributed by atoms with Gasteiger partial charge in [0.15, 0.2) is 0 Å². The highest BCUT2D eigenvalue weighted by Gasteiger charge is 2.11. The number of benzene rings is 1.